The molecule has 2 aliphatic heterocycles. The first-order valence-electron chi connectivity index (χ1n) is 22.2. The first-order valence-corrected chi connectivity index (χ1v) is 23.0. The van der Waals surface area contributed by atoms with Crippen LogP contribution in [0.2, 0.25) is 0 Å². The number of nitrogens with zero attached hydrogens (tertiary/aromatic N) is 4. The average molecular weight is 813 g/mol. The first-order chi connectivity index (χ1) is 27.8. The topological polar surface area (TPSA) is 32.3 Å². The van der Waals surface area contributed by atoms with E-state index in [0.29, 0.717) is 0 Å². The van der Waals surface area contributed by atoms with Crippen molar-refractivity contribution >= 4 is 78.2 Å². The van der Waals surface area contributed by atoms with Crippen LogP contribution < -0.4 is 25.5 Å². The van der Waals surface area contributed by atoms with Gasteiger partial charge in [0.25, 0.3) is 6.71 Å². The van der Waals surface area contributed by atoms with Crippen molar-refractivity contribution < 1.29 is 0 Å². The standard InChI is InChI=1S/C54H65BN4S/c1-49(2,3)32-18-22-41-42(28-32)58(37-26-34(51(7,8)9)25-35(27-37)52(10,11)12)47-44-48(57-31-56-47)59(36-19-21-39-40(30-36)54(15,16)24-23-53(39,13)14)45-38-20-17-33(50(4,5)6)29-43(38)60-46(45)55(41)44/h17-22,25-31H,23-24H2,1-16H3. The zero-order valence-electron chi connectivity index (χ0n) is 39.2. The predicted octanol–water partition coefficient (Wildman–Crippen LogP) is 13.3. The summed E-state index contributed by atoms with van der Waals surface area (Å²) in [7, 11) is 0. The van der Waals surface area contributed by atoms with E-state index in [9.17, 15) is 0 Å². The van der Waals surface area contributed by atoms with Crippen LogP contribution >= 0.6 is 11.3 Å². The van der Waals surface area contributed by atoms with Crippen LogP contribution in [0, 0.1) is 0 Å². The van der Waals surface area contributed by atoms with Crippen molar-refractivity contribution in [2.24, 2.45) is 0 Å². The zero-order valence-corrected chi connectivity index (χ0v) is 40.0. The van der Waals surface area contributed by atoms with Gasteiger partial charge in [-0.15, -0.1) is 11.3 Å². The van der Waals surface area contributed by atoms with Gasteiger partial charge in [-0.3, -0.25) is 9.80 Å². The zero-order chi connectivity index (χ0) is 43.3. The summed E-state index contributed by atoms with van der Waals surface area (Å²) in [5, 5.41) is 1.29. The minimum Gasteiger partial charge on any atom is -0.296 e. The van der Waals surface area contributed by atoms with E-state index in [1.165, 1.54) is 82.7 Å². The van der Waals surface area contributed by atoms with Crippen LogP contribution in [-0.4, -0.2) is 16.7 Å². The van der Waals surface area contributed by atoms with E-state index < -0.39 is 0 Å². The molecule has 60 heavy (non-hydrogen) atoms. The molecule has 0 fully saturated rings. The molecule has 4 aromatic carbocycles. The Labute approximate surface area is 365 Å². The largest absolute Gasteiger partial charge is 0.296 e. The van der Waals surface area contributed by atoms with Crippen molar-refractivity contribution in [3.8, 4) is 0 Å². The Morgan fingerprint density at radius 2 is 1.10 bits per heavy atom. The molecular formula is C54H65BN4S. The maximum atomic E-state index is 5.35. The van der Waals surface area contributed by atoms with Crippen molar-refractivity contribution in [3.05, 3.63) is 113 Å². The van der Waals surface area contributed by atoms with Crippen molar-refractivity contribution in [2.45, 2.75) is 156 Å². The quantitative estimate of drug-likeness (QED) is 0.163. The van der Waals surface area contributed by atoms with E-state index in [1.54, 1.807) is 0 Å². The van der Waals surface area contributed by atoms with Crippen molar-refractivity contribution in [2.75, 3.05) is 9.80 Å². The summed E-state index contributed by atoms with van der Waals surface area (Å²) < 4.78 is 2.68. The maximum Gasteiger partial charge on any atom is 0.268 e. The summed E-state index contributed by atoms with van der Waals surface area (Å²) in [5.41, 5.74) is 15.6. The second-order valence-corrected chi connectivity index (χ2v) is 24.7. The Hall–Kier alpha value is -4.42. The molecule has 6 heteroatoms. The average Bonchev–Trinajstić information content (AvgIpc) is 3.53. The maximum absolute atomic E-state index is 5.35. The highest BCUT2D eigenvalue weighted by Gasteiger charge is 2.48. The molecule has 0 spiro atoms. The monoisotopic (exact) mass is 813 g/mol. The van der Waals surface area contributed by atoms with Crippen LogP contribution in [0.25, 0.3) is 10.1 Å². The van der Waals surface area contributed by atoms with Gasteiger partial charge in [-0.2, -0.15) is 0 Å². The third kappa shape index (κ3) is 6.45. The molecule has 4 heterocycles. The van der Waals surface area contributed by atoms with E-state index in [0.717, 1.165) is 23.7 Å². The van der Waals surface area contributed by atoms with Crippen LogP contribution in [0.3, 0.4) is 0 Å². The lowest BCUT2D eigenvalue weighted by Gasteiger charge is -2.44. The summed E-state index contributed by atoms with van der Waals surface area (Å²) >= 11 is 1.96. The normalized spacial score (nSPS) is 17.0. The molecule has 0 N–H and O–H groups in total. The molecule has 0 bridgehead atoms. The van der Waals surface area contributed by atoms with Crippen LogP contribution in [-0.2, 0) is 32.5 Å². The van der Waals surface area contributed by atoms with Gasteiger partial charge in [0.2, 0.25) is 0 Å². The Bertz CT molecular complexity index is 2690. The lowest BCUT2D eigenvalue weighted by Crippen LogP contribution is -2.61. The molecule has 6 aromatic rings. The van der Waals surface area contributed by atoms with Crippen LogP contribution in [0.4, 0.5) is 34.4 Å². The predicted molar refractivity (Wildman–Crippen MR) is 262 cm³/mol. The van der Waals surface area contributed by atoms with E-state index in [2.05, 4.69) is 193 Å². The third-order valence-electron chi connectivity index (χ3n) is 14.0. The molecule has 0 atom stereocenters. The number of anilines is 6. The third-order valence-corrected chi connectivity index (χ3v) is 15.3. The Balaban J connectivity index is 1.39. The number of hydrogen-bond donors (Lipinski definition) is 0. The second kappa shape index (κ2) is 13.1. The van der Waals surface area contributed by atoms with Gasteiger partial charge in [-0.05, 0) is 121 Å². The molecule has 0 radical (unpaired) electrons. The fourth-order valence-corrected chi connectivity index (χ4v) is 11.3. The number of hydrogen-bond acceptors (Lipinski definition) is 5. The highest BCUT2D eigenvalue weighted by molar-refractivity contribution is 7.33. The fourth-order valence-electron chi connectivity index (χ4n) is 9.92. The number of fused-ring (bicyclic) bond motifs is 7. The lowest BCUT2D eigenvalue weighted by molar-refractivity contribution is 0.332. The van der Waals surface area contributed by atoms with Gasteiger partial charge in [0.15, 0.2) is 0 Å². The van der Waals surface area contributed by atoms with E-state index in [4.69, 9.17) is 9.97 Å². The van der Waals surface area contributed by atoms with Crippen molar-refractivity contribution in [1.82, 2.24) is 9.97 Å². The molecule has 0 unspecified atom stereocenters. The van der Waals surface area contributed by atoms with Crippen molar-refractivity contribution in [3.63, 3.8) is 0 Å². The summed E-state index contributed by atoms with van der Waals surface area (Å²) in [5.74, 6) is 1.95. The minimum atomic E-state index is -0.0427. The van der Waals surface area contributed by atoms with E-state index in [1.807, 2.05) is 17.7 Å². The summed E-state index contributed by atoms with van der Waals surface area (Å²) in [6, 6.07) is 29.1. The van der Waals surface area contributed by atoms with E-state index >= 15 is 0 Å². The summed E-state index contributed by atoms with van der Waals surface area (Å²) in [6.45, 7) is 37.6. The van der Waals surface area contributed by atoms with Gasteiger partial charge in [0, 0.05) is 37.4 Å². The SMILES string of the molecule is CC(C)(C)c1cc(N2c3cc(C(C)(C)C)ccc3B3c4sc5cc(C(C)(C)C)ccc5c4N(c4ccc5c(c4)C(C)(C)CCC5(C)C)c4ncnc2c43)cc(C(C)(C)C)c1. The number of aromatic nitrogens is 2. The Morgan fingerprint density at radius 3 is 1.70 bits per heavy atom. The molecule has 9 rings (SSSR count). The Kier molecular flexibility index (Phi) is 8.91. The van der Waals surface area contributed by atoms with Crippen LogP contribution in [0.1, 0.15) is 157 Å². The molecule has 0 saturated heterocycles. The highest BCUT2D eigenvalue weighted by Crippen LogP contribution is 2.51. The van der Waals surface area contributed by atoms with Gasteiger partial charge in [0.1, 0.15) is 18.0 Å². The molecule has 0 amide bonds. The first kappa shape index (κ1) is 41.0. The second-order valence-electron chi connectivity index (χ2n) is 23.6. The van der Waals surface area contributed by atoms with Crippen LogP contribution in [0.15, 0.2) is 79.1 Å². The number of benzene rings is 4. The van der Waals surface area contributed by atoms with Gasteiger partial charge in [-0.1, -0.05) is 147 Å². The summed E-state index contributed by atoms with van der Waals surface area (Å²) in [4.78, 5) is 15.7. The Morgan fingerprint density at radius 1 is 0.550 bits per heavy atom. The van der Waals surface area contributed by atoms with Gasteiger partial charge in [-0.25, -0.2) is 9.97 Å². The fraction of sp³-hybridized carbons (Fsp3) is 0.444. The van der Waals surface area contributed by atoms with Crippen molar-refractivity contribution in [1.29, 1.82) is 0 Å². The van der Waals surface area contributed by atoms with Gasteiger partial charge in [0.05, 0.1) is 5.69 Å². The smallest absolute Gasteiger partial charge is 0.268 e. The number of rotatable bonds is 2. The minimum absolute atomic E-state index is 0.0286. The molecule has 3 aliphatic rings. The molecule has 0 saturated carbocycles. The number of thiophene rings is 1. The molecule has 4 nitrogen and oxygen atoms in total. The molecule has 1 aliphatic carbocycles. The molecular weight excluding hydrogens is 748 g/mol. The lowest BCUT2D eigenvalue weighted by atomic mass is 9.36. The van der Waals surface area contributed by atoms with Gasteiger partial charge < -0.3 is 0 Å². The van der Waals surface area contributed by atoms with E-state index in [-0.39, 0.29) is 39.2 Å². The molecule has 2 aromatic heterocycles. The highest BCUT2D eigenvalue weighted by atomic mass is 32.1. The van der Waals surface area contributed by atoms with Crippen LogP contribution in [0.5, 0.6) is 0 Å². The van der Waals surface area contributed by atoms with Gasteiger partial charge >= 0.3 is 0 Å². The summed E-state index contributed by atoms with van der Waals surface area (Å²) in [6.07, 6.45) is 4.17. The molecule has 310 valence electrons.